The van der Waals surface area contributed by atoms with Crippen LogP contribution in [0.15, 0.2) is 156 Å². The summed E-state index contributed by atoms with van der Waals surface area (Å²) in [6, 6.07) is 52.5. The molecule has 0 fully saturated rings. The molecule has 2 heteroatoms. The monoisotopic (exact) mass is 547 g/mol. The van der Waals surface area contributed by atoms with E-state index < -0.39 is 0 Å². The van der Waals surface area contributed by atoms with Gasteiger partial charge in [0.1, 0.15) is 5.58 Å². The number of pyridine rings is 1. The van der Waals surface area contributed by atoms with Crippen molar-refractivity contribution in [1.29, 1.82) is 0 Å². The quantitative estimate of drug-likeness (QED) is 0.206. The Morgan fingerprint density at radius 2 is 0.791 bits per heavy atom. The van der Waals surface area contributed by atoms with Gasteiger partial charge in [-0.05, 0) is 108 Å². The zero-order valence-electron chi connectivity index (χ0n) is 23.3. The van der Waals surface area contributed by atoms with Crippen molar-refractivity contribution in [2.24, 2.45) is 0 Å². The number of rotatable bonds is 3. The summed E-state index contributed by atoms with van der Waals surface area (Å²) in [6.07, 6.45) is 1.77. The molecule has 0 amide bonds. The van der Waals surface area contributed by atoms with Crippen LogP contribution in [0.25, 0.3) is 87.8 Å². The molecule has 0 N–H and O–H groups in total. The predicted octanol–water partition coefficient (Wildman–Crippen LogP) is 11.4. The molecule has 7 aromatic carbocycles. The standard InChI is InChI=1S/C41H25NO/c1-2-14-34-32(12-1)33-13-3-4-15-35(33)38-24-30(17-19-36(34)38)28-10-5-8-26(22-28)27-9-6-11-29(23-27)31-18-20-40-39(25-31)37-16-7-21-42-41(37)43-40/h1-25H. The molecule has 0 atom stereocenters. The molecule has 9 aromatic rings. The SMILES string of the molecule is c1cc(-c2cccc(-c3ccc4c5ccccc5c5ccccc5c4c3)c2)cc(-c2ccc3oc4ncccc4c3c2)c1. The fraction of sp³-hybridized carbons (Fsp3) is 0. The molecule has 0 aliphatic carbocycles. The molecule has 0 aliphatic rings. The van der Waals surface area contributed by atoms with Crippen molar-refractivity contribution in [2.45, 2.75) is 0 Å². The summed E-state index contributed by atoms with van der Waals surface area (Å²) in [4.78, 5) is 4.39. The minimum absolute atomic E-state index is 0.676. The third-order valence-corrected chi connectivity index (χ3v) is 8.72. The molecule has 9 rings (SSSR count). The summed E-state index contributed by atoms with van der Waals surface area (Å²) in [5, 5.41) is 9.90. The van der Waals surface area contributed by atoms with E-state index in [1.807, 2.05) is 12.1 Å². The number of nitrogens with zero attached hydrogens (tertiary/aromatic N) is 1. The highest BCUT2D eigenvalue weighted by atomic mass is 16.3. The van der Waals surface area contributed by atoms with Crippen LogP contribution in [0.2, 0.25) is 0 Å². The fourth-order valence-corrected chi connectivity index (χ4v) is 6.63. The fourth-order valence-electron chi connectivity index (χ4n) is 6.63. The average molecular weight is 548 g/mol. The minimum Gasteiger partial charge on any atom is -0.438 e. The van der Waals surface area contributed by atoms with Gasteiger partial charge in [-0.25, -0.2) is 4.98 Å². The van der Waals surface area contributed by atoms with Crippen LogP contribution in [0.3, 0.4) is 0 Å². The van der Waals surface area contributed by atoms with Gasteiger partial charge < -0.3 is 4.42 Å². The second kappa shape index (κ2) is 9.40. The summed E-state index contributed by atoms with van der Waals surface area (Å²) in [7, 11) is 0. The van der Waals surface area contributed by atoms with Crippen molar-refractivity contribution in [1.82, 2.24) is 4.98 Å². The van der Waals surface area contributed by atoms with Crippen molar-refractivity contribution >= 4 is 54.4 Å². The average Bonchev–Trinajstić information content (AvgIpc) is 3.46. The lowest BCUT2D eigenvalue weighted by Crippen LogP contribution is -1.86. The molecule has 0 saturated heterocycles. The van der Waals surface area contributed by atoms with Gasteiger partial charge in [0.2, 0.25) is 5.71 Å². The Bertz CT molecular complexity index is 2480. The molecule has 0 spiro atoms. The molecule has 0 radical (unpaired) electrons. The maximum Gasteiger partial charge on any atom is 0.227 e. The number of hydrogen-bond donors (Lipinski definition) is 0. The van der Waals surface area contributed by atoms with Crippen LogP contribution in [0.4, 0.5) is 0 Å². The maximum absolute atomic E-state index is 5.95. The lowest BCUT2D eigenvalue weighted by molar-refractivity contribution is 0.654. The first-order chi connectivity index (χ1) is 21.3. The molecule has 200 valence electrons. The zero-order chi connectivity index (χ0) is 28.3. The van der Waals surface area contributed by atoms with Gasteiger partial charge in [-0.15, -0.1) is 0 Å². The van der Waals surface area contributed by atoms with Gasteiger partial charge in [-0.2, -0.15) is 0 Å². The predicted molar refractivity (Wildman–Crippen MR) is 180 cm³/mol. The lowest BCUT2D eigenvalue weighted by Gasteiger charge is -2.13. The Labute approximate surface area is 248 Å². The zero-order valence-corrected chi connectivity index (χ0v) is 23.3. The van der Waals surface area contributed by atoms with Crippen LogP contribution < -0.4 is 0 Å². The van der Waals surface area contributed by atoms with E-state index in [9.17, 15) is 0 Å². The van der Waals surface area contributed by atoms with Gasteiger partial charge >= 0.3 is 0 Å². The van der Waals surface area contributed by atoms with Gasteiger partial charge in [0, 0.05) is 17.0 Å². The second-order valence-electron chi connectivity index (χ2n) is 11.2. The van der Waals surface area contributed by atoms with Gasteiger partial charge in [-0.3, -0.25) is 0 Å². The van der Waals surface area contributed by atoms with E-state index >= 15 is 0 Å². The van der Waals surface area contributed by atoms with Gasteiger partial charge in [0.05, 0.1) is 0 Å². The van der Waals surface area contributed by atoms with E-state index in [1.165, 1.54) is 60.1 Å². The number of furan rings is 1. The Balaban J connectivity index is 1.14. The highest BCUT2D eigenvalue weighted by molar-refractivity contribution is 6.25. The van der Waals surface area contributed by atoms with Crippen molar-refractivity contribution in [3.05, 3.63) is 152 Å². The number of hydrogen-bond acceptors (Lipinski definition) is 2. The van der Waals surface area contributed by atoms with Crippen LogP contribution in [0, 0.1) is 0 Å². The first kappa shape index (κ1) is 23.9. The highest BCUT2D eigenvalue weighted by Crippen LogP contribution is 2.38. The summed E-state index contributed by atoms with van der Waals surface area (Å²) in [6.45, 7) is 0. The molecule has 0 saturated carbocycles. The Morgan fingerprint density at radius 3 is 1.40 bits per heavy atom. The summed E-state index contributed by atoms with van der Waals surface area (Å²) in [5.74, 6) is 0. The molecule has 43 heavy (non-hydrogen) atoms. The first-order valence-electron chi connectivity index (χ1n) is 14.6. The van der Waals surface area contributed by atoms with Crippen LogP contribution >= 0.6 is 0 Å². The van der Waals surface area contributed by atoms with Crippen molar-refractivity contribution in [3.63, 3.8) is 0 Å². The summed E-state index contributed by atoms with van der Waals surface area (Å²) < 4.78 is 5.95. The van der Waals surface area contributed by atoms with Crippen LogP contribution in [0.1, 0.15) is 0 Å². The normalized spacial score (nSPS) is 11.7. The Morgan fingerprint density at radius 1 is 0.326 bits per heavy atom. The smallest absolute Gasteiger partial charge is 0.227 e. The van der Waals surface area contributed by atoms with Crippen LogP contribution in [-0.4, -0.2) is 4.98 Å². The van der Waals surface area contributed by atoms with Crippen LogP contribution in [0.5, 0.6) is 0 Å². The molecule has 2 heterocycles. The van der Waals surface area contributed by atoms with E-state index in [1.54, 1.807) is 6.20 Å². The lowest BCUT2D eigenvalue weighted by atomic mass is 9.91. The molecule has 2 aromatic heterocycles. The third kappa shape index (κ3) is 3.84. The minimum atomic E-state index is 0.676. The second-order valence-corrected chi connectivity index (χ2v) is 11.2. The molecular formula is C41H25NO. The Hall–Kier alpha value is -5.73. The largest absolute Gasteiger partial charge is 0.438 e. The molecule has 2 nitrogen and oxygen atoms in total. The molecule has 0 unspecified atom stereocenters. The molecule has 0 bridgehead atoms. The topological polar surface area (TPSA) is 26.0 Å². The van der Waals surface area contributed by atoms with Gasteiger partial charge in [0.25, 0.3) is 0 Å². The third-order valence-electron chi connectivity index (χ3n) is 8.72. The van der Waals surface area contributed by atoms with Crippen molar-refractivity contribution in [2.75, 3.05) is 0 Å². The number of fused-ring (bicyclic) bond motifs is 9. The summed E-state index contributed by atoms with van der Waals surface area (Å²) in [5.41, 5.74) is 8.68. The van der Waals surface area contributed by atoms with E-state index in [2.05, 4.69) is 138 Å². The van der Waals surface area contributed by atoms with Crippen molar-refractivity contribution < 1.29 is 4.42 Å². The van der Waals surface area contributed by atoms with E-state index in [0.717, 1.165) is 21.9 Å². The molecular weight excluding hydrogens is 522 g/mol. The van der Waals surface area contributed by atoms with E-state index in [-0.39, 0.29) is 0 Å². The van der Waals surface area contributed by atoms with Gasteiger partial charge in [-0.1, -0.05) is 103 Å². The van der Waals surface area contributed by atoms with Gasteiger partial charge in [0.15, 0.2) is 0 Å². The first-order valence-corrected chi connectivity index (χ1v) is 14.6. The molecule has 0 aliphatic heterocycles. The number of benzene rings is 7. The number of aromatic nitrogens is 1. The highest BCUT2D eigenvalue weighted by Gasteiger charge is 2.12. The van der Waals surface area contributed by atoms with E-state index in [4.69, 9.17) is 4.42 Å². The summed E-state index contributed by atoms with van der Waals surface area (Å²) >= 11 is 0. The Kier molecular flexibility index (Phi) is 5.23. The van der Waals surface area contributed by atoms with Crippen molar-refractivity contribution in [3.8, 4) is 33.4 Å². The van der Waals surface area contributed by atoms with E-state index in [0.29, 0.717) is 5.71 Å². The van der Waals surface area contributed by atoms with Crippen LogP contribution in [-0.2, 0) is 0 Å². The maximum atomic E-state index is 5.95.